The van der Waals surface area contributed by atoms with E-state index in [9.17, 15) is 8.78 Å². The van der Waals surface area contributed by atoms with Crippen LogP contribution in [0, 0.1) is 11.6 Å². The Balaban J connectivity index is 1.87. The fraction of sp³-hybridized carbons (Fsp3) is 0.250. The molecule has 3 rings (SSSR count). The number of para-hydroxylation sites is 1. The van der Waals surface area contributed by atoms with E-state index < -0.39 is 11.6 Å². The maximum atomic E-state index is 14.1. The first-order valence-corrected chi connectivity index (χ1v) is 8.25. The van der Waals surface area contributed by atoms with Gasteiger partial charge in [0, 0.05) is 23.9 Å². The summed E-state index contributed by atoms with van der Waals surface area (Å²) in [6.07, 6.45) is 3.20. The second-order valence-corrected chi connectivity index (χ2v) is 5.77. The zero-order chi connectivity index (χ0) is 17.8. The number of rotatable bonds is 6. The predicted molar refractivity (Wildman–Crippen MR) is 93.7 cm³/mol. The highest BCUT2D eigenvalue weighted by molar-refractivity contribution is 5.62. The van der Waals surface area contributed by atoms with Gasteiger partial charge in [0.1, 0.15) is 17.4 Å². The highest BCUT2D eigenvalue weighted by atomic mass is 19.1. The Morgan fingerprint density at radius 2 is 1.92 bits per heavy atom. The smallest absolute Gasteiger partial charge is 0.135 e. The van der Waals surface area contributed by atoms with Crippen molar-refractivity contribution in [2.75, 3.05) is 7.11 Å². The maximum Gasteiger partial charge on any atom is 0.135 e. The number of hydrogen-bond donors (Lipinski definition) is 0. The Labute approximate surface area is 145 Å². The Kier molecular flexibility index (Phi) is 5.12. The van der Waals surface area contributed by atoms with Crippen molar-refractivity contribution in [3.05, 3.63) is 71.7 Å². The first kappa shape index (κ1) is 17.1. The Bertz CT molecular complexity index is 874. The molecule has 0 spiro atoms. The Hall–Kier alpha value is -2.69. The minimum atomic E-state index is -0.593. The SMILES string of the molecule is CCc1c(-c2ccc(F)cc2F)ncn1CCc1ccccc1OC. The molecule has 0 unspecified atom stereocenters. The lowest BCUT2D eigenvalue weighted by Crippen LogP contribution is -2.05. The average molecular weight is 342 g/mol. The highest BCUT2D eigenvalue weighted by Crippen LogP contribution is 2.27. The molecule has 0 amide bonds. The van der Waals surface area contributed by atoms with Gasteiger partial charge in [0.05, 0.1) is 19.1 Å². The number of imidazole rings is 1. The Morgan fingerprint density at radius 3 is 2.64 bits per heavy atom. The van der Waals surface area contributed by atoms with Crippen LogP contribution in [0.5, 0.6) is 5.75 Å². The van der Waals surface area contributed by atoms with Crippen LogP contribution in [0.25, 0.3) is 11.3 Å². The lowest BCUT2D eigenvalue weighted by atomic mass is 10.1. The van der Waals surface area contributed by atoms with Gasteiger partial charge in [-0.1, -0.05) is 25.1 Å². The van der Waals surface area contributed by atoms with Crippen LogP contribution in [0.15, 0.2) is 48.8 Å². The molecular formula is C20H20F2N2O. The van der Waals surface area contributed by atoms with Gasteiger partial charge in [0.2, 0.25) is 0 Å². The van der Waals surface area contributed by atoms with Gasteiger partial charge in [-0.05, 0) is 36.6 Å². The molecule has 0 aliphatic rings. The molecule has 0 saturated carbocycles. The van der Waals surface area contributed by atoms with Gasteiger partial charge in [-0.3, -0.25) is 0 Å². The van der Waals surface area contributed by atoms with Crippen molar-refractivity contribution in [1.29, 1.82) is 0 Å². The molecular weight excluding hydrogens is 322 g/mol. The molecule has 1 aromatic heterocycles. The Morgan fingerprint density at radius 1 is 1.12 bits per heavy atom. The van der Waals surface area contributed by atoms with Gasteiger partial charge in [0.15, 0.2) is 0 Å². The van der Waals surface area contributed by atoms with E-state index in [-0.39, 0.29) is 0 Å². The van der Waals surface area contributed by atoms with Crippen LogP contribution in [0.2, 0.25) is 0 Å². The molecule has 0 bridgehead atoms. The third-order valence-corrected chi connectivity index (χ3v) is 4.28. The first-order chi connectivity index (χ1) is 12.1. The number of halogens is 2. The van der Waals surface area contributed by atoms with E-state index in [0.717, 1.165) is 29.5 Å². The summed E-state index contributed by atoms with van der Waals surface area (Å²) < 4.78 is 34.7. The van der Waals surface area contributed by atoms with E-state index in [1.165, 1.54) is 12.1 Å². The quantitative estimate of drug-likeness (QED) is 0.652. The van der Waals surface area contributed by atoms with Gasteiger partial charge in [-0.25, -0.2) is 13.8 Å². The monoisotopic (exact) mass is 342 g/mol. The molecule has 25 heavy (non-hydrogen) atoms. The third kappa shape index (κ3) is 3.55. The molecule has 0 aliphatic carbocycles. The van der Waals surface area contributed by atoms with E-state index in [1.54, 1.807) is 13.4 Å². The van der Waals surface area contributed by atoms with Crippen LogP contribution in [0.3, 0.4) is 0 Å². The molecule has 3 aromatic rings. The second-order valence-electron chi connectivity index (χ2n) is 5.77. The normalized spacial score (nSPS) is 10.9. The molecule has 0 atom stereocenters. The van der Waals surface area contributed by atoms with Crippen molar-refractivity contribution in [2.45, 2.75) is 26.3 Å². The number of aromatic nitrogens is 2. The van der Waals surface area contributed by atoms with Crippen molar-refractivity contribution >= 4 is 0 Å². The van der Waals surface area contributed by atoms with Crippen LogP contribution in [0.4, 0.5) is 8.78 Å². The molecule has 130 valence electrons. The van der Waals surface area contributed by atoms with Crippen LogP contribution < -0.4 is 4.74 Å². The number of methoxy groups -OCH3 is 1. The molecule has 0 aliphatic heterocycles. The molecule has 5 heteroatoms. The molecule has 0 radical (unpaired) electrons. The topological polar surface area (TPSA) is 27.1 Å². The number of aryl methyl sites for hydroxylation is 2. The fourth-order valence-corrected chi connectivity index (χ4v) is 3.03. The van der Waals surface area contributed by atoms with Crippen molar-refractivity contribution in [3.8, 4) is 17.0 Å². The van der Waals surface area contributed by atoms with Gasteiger partial charge >= 0.3 is 0 Å². The summed E-state index contributed by atoms with van der Waals surface area (Å²) in [6, 6.07) is 11.5. The van der Waals surface area contributed by atoms with Gasteiger partial charge in [-0.15, -0.1) is 0 Å². The number of hydrogen-bond acceptors (Lipinski definition) is 2. The molecule has 0 fully saturated rings. The summed E-state index contributed by atoms with van der Waals surface area (Å²) in [5, 5.41) is 0. The molecule has 0 saturated heterocycles. The van der Waals surface area contributed by atoms with E-state index in [1.807, 2.05) is 35.8 Å². The summed E-state index contributed by atoms with van der Waals surface area (Å²) >= 11 is 0. The number of benzene rings is 2. The minimum Gasteiger partial charge on any atom is -0.496 e. The van der Waals surface area contributed by atoms with Crippen molar-refractivity contribution in [1.82, 2.24) is 9.55 Å². The van der Waals surface area contributed by atoms with Crippen molar-refractivity contribution < 1.29 is 13.5 Å². The molecule has 0 N–H and O–H groups in total. The van der Waals surface area contributed by atoms with E-state index in [0.29, 0.717) is 24.2 Å². The van der Waals surface area contributed by atoms with Crippen LogP contribution in [-0.4, -0.2) is 16.7 Å². The number of nitrogens with zero attached hydrogens (tertiary/aromatic N) is 2. The van der Waals surface area contributed by atoms with Crippen molar-refractivity contribution in [3.63, 3.8) is 0 Å². The molecule has 2 aromatic carbocycles. The summed E-state index contributed by atoms with van der Waals surface area (Å²) in [5.74, 6) is -0.329. The molecule has 1 heterocycles. The van der Waals surface area contributed by atoms with Gasteiger partial charge < -0.3 is 9.30 Å². The van der Waals surface area contributed by atoms with Crippen molar-refractivity contribution in [2.24, 2.45) is 0 Å². The van der Waals surface area contributed by atoms with Crippen LogP contribution in [0.1, 0.15) is 18.2 Å². The lowest BCUT2D eigenvalue weighted by Gasteiger charge is -2.11. The largest absolute Gasteiger partial charge is 0.496 e. The van der Waals surface area contributed by atoms with Gasteiger partial charge in [0.25, 0.3) is 0 Å². The second kappa shape index (κ2) is 7.47. The summed E-state index contributed by atoms with van der Waals surface area (Å²) in [4.78, 5) is 4.37. The first-order valence-electron chi connectivity index (χ1n) is 8.25. The van der Waals surface area contributed by atoms with Crippen LogP contribution >= 0.6 is 0 Å². The highest BCUT2D eigenvalue weighted by Gasteiger charge is 2.15. The van der Waals surface area contributed by atoms with E-state index >= 15 is 0 Å². The van der Waals surface area contributed by atoms with Crippen LogP contribution in [-0.2, 0) is 19.4 Å². The molecule has 3 nitrogen and oxygen atoms in total. The minimum absolute atomic E-state index is 0.328. The van der Waals surface area contributed by atoms with E-state index in [4.69, 9.17) is 4.74 Å². The summed E-state index contributed by atoms with van der Waals surface area (Å²) in [6.45, 7) is 2.71. The maximum absolute atomic E-state index is 14.1. The zero-order valence-corrected chi connectivity index (χ0v) is 14.3. The average Bonchev–Trinajstić information content (AvgIpc) is 3.02. The zero-order valence-electron chi connectivity index (χ0n) is 14.3. The van der Waals surface area contributed by atoms with Gasteiger partial charge in [-0.2, -0.15) is 0 Å². The third-order valence-electron chi connectivity index (χ3n) is 4.28. The number of ether oxygens (including phenoxy) is 1. The predicted octanol–water partition coefficient (Wildman–Crippen LogP) is 4.64. The standard InChI is InChI=1S/C20H20F2N2O/c1-3-18-20(16-9-8-15(21)12-17(16)22)23-13-24(18)11-10-14-6-4-5-7-19(14)25-2/h4-9,12-13H,3,10-11H2,1-2H3. The van der Waals surface area contributed by atoms with E-state index in [2.05, 4.69) is 4.98 Å². The lowest BCUT2D eigenvalue weighted by molar-refractivity contribution is 0.408. The summed E-state index contributed by atoms with van der Waals surface area (Å²) in [7, 11) is 1.66. The summed E-state index contributed by atoms with van der Waals surface area (Å²) in [5.41, 5.74) is 2.94. The fourth-order valence-electron chi connectivity index (χ4n) is 3.03.